The Balaban J connectivity index is 0.00000256. The second-order valence-corrected chi connectivity index (χ2v) is 6.01. The number of rotatable bonds is 8. The summed E-state index contributed by atoms with van der Waals surface area (Å²) in [7, 11) is -3.12. The summed E-state index contributed by atoms with van der Waals surface area (Å²) < 4.78 is 31.0. The van der Waals surface area contributed by atoms with Gasteiger partial charge in [0.2, 0.25) is 10.0 Å². The molecular formula is C10H23ClN2O3S. The first kappa shape index (κ1) is 17.1. The molecule has 0 amide bonds. The summed E-state index contributed by atoms with van der Waals surface area (Å²) in [5.74, 6) is 0.363. The fourth-order valence-corrected chi connectivity index (χ4v) is 3.10. The summed E-state index contributed by atoms with van der Waals surface area (Å²) in [6, 6.07) is 0. The molecule has 1 heterocycles. The largest absolute Gasteiger partial charge is 0.381 e. The highest BCUT2D eigenvalue weighted by atomic mass is 35.5. The first-order chi connectivity index (χ1) is 7.64. The van der Waals surface area contributed by atoms with Gasteiger partial charge in [-0.2, -0.15) is 0 Å². The van der Waals surface area contributed by atoms with Gasteiger partial charge in [-0.25, -0.2) is 13.1 Å². The van der Waals surface area contributed by atoms with Gasteiger partial charge >= 0.3 is 0 Å². The Morgan fingerprint density at radius 1 is 1.29 bits per heavy atom. The predicted octanol–water partition coefficient (Wildman–Crippen LogP) is 0.364. The number of halogens is 1. The zero-order valence-corrected chi connectivity index (χ0v) is 11.9. The van der Waals surface area contributed by atoms with Crippen molar-refractivity contribution >= 4 is 22.4 Å². The Kier molecular flexibility index (Phi) is 9.17. The van der Waals surface area contributed by atoms with Gasteiger partial charge < -0.3 is 10.1 Å². The van der Waals surface area contributed by atoms with Crippen molar-refractivity contribution < 1.29 is 13.2 Å². The Hall–Kier alpha value is 0.120. The van der Waals surface area contributed by atoms with Gasteiger partial charge in [0.25, 0.3) is 0 Å². The molecular weight excluding hydrogens is 264 g/mol. The SMILES string of the molecule is CCCNCCNS(=O)(=O)CC1CCOC1.Cl. The second kappa shape index (κ2) is 9.10. The lowest BCUT2D eigenvalue weighted by Gasteiger charge is -2.10. The molecule has 0 saturated carbocycles. The fourth-order valence-electron chi connectivity index (χ4n) is 1.68. The van der Waals surface area contributed by atoms with Crippen molar-refractivity contribution in [2.24, 2.45) is 5.92 Å². The molecule has 0 aromatic carbocycles. The highest BCUT2D eigenvalue weighted by molar-refractivity contribution is 7.89. The van der Waals surface area contributed by atoms with Crippen LogP contribution in [0.4, 0.5) is 0 Å². The lowest BCUT2D eigenvalue weighted by atomic mass is 10.2. The third-order valence-corrected chi connectivity index (χ3v) is 4.08. The van der Waals surface area contributed by atoms with Crippen molar-refractivity contribution in [2.45, 2.75) is 19.8 Å². The van der Waals surface area contributed by atoms with Crippen LogP contribution >= 0.6 is 12.4 Å². The maximum Gasteiger partial charge on any atom is 0.211 e. The molecule has 17 heavy (non-hydrogen) atoms. The van der Waals surface area contributed by atoms with E-state index in [-0.39, 0.29) is 24.1 Å². The number of hydrogen-bond donors (Lipinski definition) is 2. The van der Waals surface area contributed by atoms with Crippen molar-refractivity contribution in [1.29, 1.82) is 0 Å². The minimum absolute atomic E-state index is 0. The molecule has 0 spiro atoms. The van der Waals surface area contributed by atoms with Crippen molar-refractivity contribution in [2.75, 3.05) is 38.6 Å². The maximum absolute atomic E-state index is 11.6. The van der Waals surface area contributed by atoms with Crippen LogP contribution < -0.4 is 10.0 Å². The van der Waals surface area contributed by atoms with E-state index in [1.807, 2.05) is 0 Å². The average Bonchev–Trinajstić information content (AvgIpc) is 2.69. The van der Waals surface area contributed by atoms with Crippen molar-refractivity contribution in [3.8, 4) is 0 Å². The number of sulfonamides is 1. The lowest BCUT2D eigenvalue weighted by molar-refractivity contribution is 0.188. The van der Waals surface area contributed by atoms with Crippen LogP contribution in [0.25, 0.3) is 0 Å². The first-order valence-corrected chi connectivity index (χ1v) is 7.55. The van der Waals surface area contributed by atoms with Crippen LogP contribution in [-0.2, 0) is 14.8 Å². The molecule has 1 rings (SSSR count). The van der Waals surface area contributed by atoms with E-state index in [0.717, 1.165) is 19.4 Å². The Morgan fingerprint density at radius 2 is 2.06 bits per heavy atom. The maximum atomic E-state index is 11.6. The summed E-state index contributed by atoms with van der Waals surface area (Å²) in [6.45, 7) is 5.44. The van der Waals surface area contributed by atoms with Gasteiger partial charge in [-0.1, -0.05) is 6.92 Å². The normalized spacial score (nSPS) is 20.2. The summed E-state index contributed by atoms with van der Waals surface area (Å²) in [5.41, 5.74) is 0. The molecule has 104 valence electrons. The summed E-state index contributed by atoms with van der Waals surface area (Å²) in [4.78, 5) is 0. The van der Waals surface area contributed by atoms with Crippen molar-refractivity contribution in [3.05, 3.63) is 0 Å². The lowest BCUT2D eigenvalue weighted by Crippen LogP contribution is -2.35. The van der Waals surface area contributed by atoms with Gasteiger partial charge in [0.1, 0.15) is 0 Å². The summed E-state index contributed by atoms with van der Waals surface area (Å²) in [5, 5.41) is 3.15. The van der Waals surface area contributed by atoms with E-state index < -0.39 is 10.0 Å². The second-order valence-electron chi connectivity index (χ2n) is 4.16. The van der Waals surface area contributed by atoms with Crippen LogP contribution in [0.5, 0.6) is 0 Å². The highest BCUT2D eigenvalue weighted by Gasteiger charge is 2.22. The highest BCUT2D eigenvalue weighted by Crippen LogP contribution is 2.13. The quantitative estimate of drug-likeness (QED) is 0.633. The van der Waals surface area contributed by atoms with Gasteiger partial charge in [-0.15, -0.1) is 12.4 Å². The van der Waals surface area contributed by atoms with Crippen molar-refractivity contribution in [1.82, 2.24) is 10.0 Å². The average molecular weight is 287 g/mol. The van der Waals surface area contributed by atoms with Crippen LogP contribution in [0.3, 0.4) is 0 Å². The first-order valence-electron chi connectivity index (χ1n) is 5.90. The molecule has 5 nitrogen and oxygen atoms in total. The Morgan fingerprint density at radius 3 is 2.65 bits per heavy atom. The van der Waals surface area contributed by atoms with Gasteiger partial charge in [0.15, 0.2) is 0 Å². The minimum atomic E-state index is -3.12. The molecule has 7 heteroatoms. The minimum Gasteiger partial charge on any atom is -0.381 e. The van der Waals surface area contributed by atoms with E-state index >= 15 is 0 Å². The molecule has 0 aliphatic carbocycles. The summed E-state index contributed by atoms with van der Waals surface area (Å²) in [6.07, 6.45) is 1.92. The third kappa shape index (κ3) is 7.94. The summed E-state index contributed by atoms with van der Waals surface area (Å²) >= 11 is 0. The number of hydrogen-bond acceptors (Lipinski definition) is 4. The van der Waals surface area contributed by atoms with Gasteiger partial charge in [-0.3, -0.25) is 0 Å². The fraction of sp³-hybridized carbons (Fsp3) is 1.00. The molecule has 0 radical (unpaired) electrons. The van der Waals surface area contributed by atoms with Crippen molar-refractivity contribution in [3.63, 3.8) is 0 Å². The number of nitrogens with one attached hydrogen (secondary N) is 2. The Labute approximate surface area is 110 Å². The molecule has 1 unspecified atom stereocenters. The monoisotopic (exact) mass is 286 g/mol. The molecule has 0 aromatic heterocycles. The molecule has 2 N–H and O–H groups in total. The van der Waals surface area contributed by atoms with Gasteiger partial charge in [0.05, 0.1) is 12.4 Å². The van der Waals surface area contributed by atoms with E-state index in [2.05, 4.69) is 17.0 Å². The molecule has 0 aromatic rings. The number of ether oxygens (including phenoxy) is 1. The van der Waals surface area contributed by atoms with E-state index in [1.165, 1.54) is 0 Å². The van der Waals surface area contributed by atoms with Gasteiger partial charge in [-0.05, 0) is 25.3 Å². The standard InChI is InChI=1S/C10H22N2O3S.ClH/c1-2-4-11-5-6-12-16(13,14)9-10-3-7-15-8-10;/h10-12H,2-9H2,1H3;1H. The zero-order chi connectivity index (χ0) is 11.9. The smallest absolute Gasteiger partial charge is 0.211 e. The molecule has 1 aliphatic heterocycles. The van der Waals surface area contributed by atoms with Gasteiger partial charge in [0, 0.05) is 19.7 Å². The van der Waals surface area contributed by atoms with Crippen LogP contribution in [0.2, 0.25) is 0 Å². The molecule has 0 bridgehead atoms. The Bertz CT molecular complexity index is 279. The molecule has 1 atom stereocenters. The van der Waals surface area contributed by atoms with E-state index in [1.54, 1.807) is 0 Å². The molecule has 1 fully saturated rings. The molecule has 1 saturated heterocycles. The van der Waals surface area contributed by atoms with Crippen LogP contribution in [0, 0.1) is 5.92 Å². The van der Waals surface area contributed by atoms with E-state index in [9.17, 15) is 8.42 Å². The van der Waals surface area contributed by atoms with Crippen LogP contribution in [0.1, 0.15) is 19.8 Å². The topological polar surface area (TPSA) is 67.4 Å². The third-order valence-electron chi connectivity index (χ3n) is 2.53. The zero-order valence-electron chi connectivity index (χ0n) is 10.3. The van der Waals surface area contributed by atoms with Crippen LogP contribution in [0.15, 0.2) is 0 Å². The van der Waals surface area contributed by atoms with Crippen LogP contribution in [-0.4, -0.2) is 47.0 Å². The van der Waals surface area contributed by atoms with E-state index in [4.69, 9.17) is 4.74 Å². The predicted molar refractivity (Wildman–Crippen MR) is 71.1 cm³/mol. The molecule has 1 aliphatic rings. The van der Waals surface area contributed by atoms with E-state index in [0.29, 0.717) is 26.3 Å².